The zero-order valence-electron chi connectivity index (χ0n) is 8.83. The van der Waals surface area contributed by atoms with Crippen molar-refractivity contribution in [2.45, 2.75) is 51.5 Å². The van der Waals surface area contributed by atoms with E-state index in [-0.39, 0.29) is 0 Å². The molecule has 0 aromatic carbocycles. The van der Waals surface area contributed by atoms with Crippen LogP contribution in [0.2, 0.25) is 0 Å². The summed E-state index contributed by atoms with van der Waals surface area (Å²) in [6.45, 7) is 3.05. The fourth-order valence-corrected chi connectivity index (χ4v) is 2.37. The highest BCUT2D eigenvalue weighted by Gasteiger charge is 2.26. The van der Waals surface area contributed by atoms with Crippen molar-refractivity contribution in [2.24, 2.45) is 0 Å². The Balaban J connectivity index is 2.41. The van der Waals surface area contributed by atoms with Crippen LogP contribution in [0.5, 0.6) is 0 Å². The van der Waals surface area contributed by atoms with Crippen molar-refractivity contribution in [3.8, 4) is 6.07 Å². The number of nitriles is 1. The highest BCUT2D eigenvalue weighted by atomic mass is 32.1. The zero-order valence-corrected chi connectivity index (χ0v) is 9.65. The normalized spacial score (nSPS) is 21.3. The third kappa shape index (κ3) is 2.95. The van der Waals surface area contributed by atoms with Crippen LogP contribution in [0.15, 0.2) is 0 Å². The van der Waals surface area contributed by atoms with E-state index in [0.717, 1.165) is 18.0 Å². The van der Waals surface area contributed by atoms with Gasteiger partial charge in [-0.15, -0.1) is 0 Å². The van der Waals surface area contributed by atoms with E-state index in [2.05, 4.69) is 17.9 Å². The van der Waals surface area contributed by atoms with Gasteiger partial charge < -0.3 is 4.90 Å². The van der Waals surface area contributed by atoms with Gasteiger partial charge in [0.1, 0.15) is 0 Å². The van der Waals surface area contributed by atoms with Gasteiger partial charge in [0.2, 0.25) is 0 Å². The van der Waals surface area contributed by atoms with Crippen molar-refractivity contribution < 1.29 is 0 Å². The fourth-order valence-electron chi connectivity index (χ4n) is 2.01. The molecule has 1 heterocycles. The summed E-state index contributed by atoms with van der Waals surface area (Å²) in [5.41, 5.74) is 0. The summed E-state index contributed by atoms with van der Waals surface area (Å²) < 4.78 is 0. The molecular formula is C11H18N2S. The third-order valence-electron chi connectivity index (χ3n) is 2.81. The van der Waals surface area contributed by atoms with Crippen LogP contribution in [-0.2, 0) is 0 Å². The molecule has 1 aliphatic heterocycles. The lowest BCUT2D eigenvalue weighted by atomic mass is 10.1. The first kappa shape index (κ1) is 11.5. The average molecular weight is 210 g/mol. The minimum Gasteiger partial charge on any atom is -0.362 e. The van der Waals surface area contributed by atoms with Crippen molar-refractivity contribution >= 4 is 17.2 Å². The van der Waals surface area contributed by atoms with Crippen molar-refractivity contribution in [1.82, 2.24) is 4.90 Å². The van der Waals surface area contributed by atoms with Gasteiger partial charge in [0.05, 0.1) is 17.5 Å². The van der Waals surface area contributed by atoms with E-state index in [1.54, 1.807) is 0 Å². The average Bonchev–Trinajstić information content (AvgIpc) is 2.53. The Morgan fingerprint density at radius 2 is 2.43 bits per heavy atom. The summed E-state index contributed by atoms with van der Waals surface area (Å²) >= 11 is 5.30. The van der Waals surface area contributed by atoms with Crippen molar-refractivity contribution in [2.75, 3.05) is 6.54 Å². The van der Waals surface area contributed by atoms with Crippen LogP contribution in [-0.4, -0.2) is 22.5 Å². The molecule has 0 spiro atoms. The lowest BCUT2D eigenvalue weighted by Crippen LogP contribution is -2.32. The summed E-state index contributed by atoms with van der Waals surface area (Å²) in [7, 11) is 0. The van der Waals surface area contributed by atoms with Crippen molar-refractivity contribution in [3.63, 3.8) is 0 Å². The summed E-state index contributed by atoms with van der Waals surface area (Å²) in [4.78, 5) is 3.34. The molecule has 78 valence electrons. The first-order valence-electron chi connectivity index (χ1n) is 5.46. The van der Waals surface area contributed by atoms with Crippen molar-refractivity contribution in [3.05, 3.63) is 0 Å². The summed E-state index contributed by atoms with van der Waals surface area (Å²) in [6, 6.07) is 2.81. The van der Waals surface area contributed by atoms with Gasteiger partial charge in [-0.1, -0.05) is 32.0 Å². The van der Waals surface area contributed by atoms with Crippen LogP contribution in [0.3, 0.4) is 0 Å². The molecule has 0 bridgehead atoms. The topological polar surface area (TPSA) is 27.0 Å². The smallest absolute Gasteiger partial charge is 0.0782 e. The Bertz CT molecular complexity index is 232. The first-order valence-corrected chi connectivity index (χ1v) is 5.86. The fraction of sp³-hybridized carbons (Fsp3) is 0.818. The molecule has 0 radical (unpaired) electrons. The summed E-state index contributed by atoms with van der Waals surface area (Å²) in [6.07, 6.45) is 6.61. The number of nitrogens with zero attached hydrogens (tertiary/aromatic N) is 2. The van der Waals surface area contributed by atoms with E-state index in [1.807, 2.05) is 0 Å². The minimum absolute atomic E-state index is 0.600. The molecule has 1 aliphatic rings. The SMILES string of the molecule is CCCCC1CCC(=S)N1CCC#N. The van der Waals surface area contributed by atoms with Gasteiger partial charge >= 0.3 is 0 Å². The standard InChI is InChI=1S/C11H18N2S/c1-2-3-5-10-6-7-11(14)13(10)9-4-8-12/h10H,2-7,9H2,1H3. The quantitative estimate of drug-likeness (QED) is 0.653. The molecule has 1 saturated heterocycles. The minimum atomic E-state index is 0.600. The molecule has 0 aromatic rings. The number of rotatable bonds is 5. The molecular weight excluding hydrogens is 192 g/mol. The molecule has 0 saturated carbocycles. The Morgan fingerprint density at radius 3 is 3.07 bits per heavy atom. The predicted molar refractivity (Wildman–Crippen MR) is 62.1 cm³/mol. The van der Waals surface area contributed by atoms with Gasteiger partial charge in [0.25, 0.3) is 0 Å². The predicted octanol–water partition coefficient (Wildman–Crippen LogP) is 2.88. The van der Waals surface area contributed by atoms with E-state index >= 15 is 0 Å². The maximum absolute atomic E-state index is 8.56. The van der Waals surface area contributed by atoms with E-state index in [9.17, 15) is 0 Å². The lowest BCUT2D eigenvalue weighted by Gasteiger charge is -2.25. The van der Waals surface area contributed by atoms with Gasteiger partial charge in [-0.25, -0.2) is 0 Å². The van der Waals surface area contributed by atoms with E-state index < -0.39 is 0 Å². The Kier molecular flexibility index (Phi) is 4.89. The van der Waals surface area contributed by atoms with Gasteiger partial charge in [-0.3, -0.25) is 0 Å². The Morgan fingerprint density at radius 1 is 1.64 bits per heavy atom. The Labute approximate surface area is 91.9 Å². The van der Waals surface area contributed by atoms with Crippen LogP contribution in [0, 0.1) is 11.3 Å². The molecule has 2 nitrogen and oxygen atoms in total. The van der Waals surface area contributed by atoms with E-state index in [4.69, 9.17) is 17.5 Å². The van der Waals surface area contributed by atoms with Gasteiger partial charge in [-0.05, 0) is 19.3 Å². The molecule has 0 N–H and O–H groups in total. The zero-order chi connectivity index (χ0) is 10.4. The van der Waals surface area contributed by atoms with Crippen LogP contribution in [0.25, 0.3) is 0 Å². The molecule has 0 amide bonds. The lowest BCUT2D eigenvalue weighted by molar-refractivity contribution is 0.322. The second-order valence-corrected chi connectivity index (χ2v) is 4.30. The van der Waals surface area contributed by atoms with Gasteiger partial charge in [0, 0.05) is 12.6 Å². The maximum Gasteiger partial charge on any atom is 0.0782 e. The van der Waals surface area contributed by atoms with Gasteiger partial charge in [0.15, 0.2) is 0 Å². The van der Waals surface area contributed by atoms with Gasteiger partial charge in [-0.2, -0.15) is 5.26 Å². The van der Waals surface area contributed by atoms with Crippen LogP contribution >= 0.6 is 12.2 Å². The van der Waals surface area contributed by atoms with E-state index in [0.29, 0.717) is 12.5 Å². The molecule has 14 heavy (non-hydrogen) atoms. The molecule has 1 fully saturated rings. The van der Waals surface area contributed by atoms with Crippen molar-refractivity contribution in [1.29, 1.82) is 5.26 Å². The maximum atomic E-state index is 8.56. The largest absolute Gasteiger partial charge is 0.362 e. The first-order chi connectivity index (χ1) is 6.79. The highest BCUT2D eigenvalue weighted by molar-refractivity contribution is 7.80. The highest BCUT2D eigenvalue weighted by Crippen LogP contribution is 2.24. The monoisotopic (exact) mass is 210 g/mol. The summed E-state index contributed by atoms with van der Waals surface area (Å²) in [5, 5.41) is 8.56. The summed E-state index contributed by atoms with van der Waals surface area (Å²) in [5.74, 6) is 0. The molecule has 1 atom stereocenters. The third-order valence-corrected chi connectivity index (χ3v) is 3.25. The Hall–Kier alpha value is -0.620. The molecule has 0 aromatic heterocycles. The molecule has 0 aliphatic carbocycles. The number of unbranched alkanes of at least 4 members (excludes halogenated alkanes) is 1. The number of thiocarbonyl (C=S) groups is 1. The molecule has 3 heteroatoms. The van der Waals surface area contributed by atoms with Crippen LogP contribution < -0.4 is 0 Å². The number of hydrogen-bond acceptors (Lipinski definition) is 2. The number of hydrogen-bond donors (Lipinski definition) is 0. The molecule has 1 rings (SSSR count). The second-order valence-electron chi connectivity index (χ2n) is 3.83. The molecule has 1 unspecified atom stereocenters. The second kappa shape index (κ2) is 5.98. The number of likely N-dealkylation sites (tertiary alicyclic amines) is 1. The van der Waals surface area contributed by atoms with Crippen LogP contribution in [0.1, 0.15) is 45.4 Å². The van der Waals surface area contributed by atoms with Crippen LogP contribution in [0.4, 0.5) is 0 Å². The van der Waals surface area contributed by atoms with E-state index in [1.165, 1.54) is 25.7 Å².